The van der Waals surface area contributed by atoms with Crippen molar-refractivity contribution >= 4 is 10.0 Å². The highest BCUT2D eigenvalue weighted by Gasteiger charge is 2.31. The van der Waals surface area contributed by atoms with Crippen LogP contribution in [0.2, 0.25) is 0 Å². The lowest BCUT2D eigenvalue weighted by Crippen LogP contribution is -2.39. The molecule has 0 radical (unpaired) electrons. The molecule has 1 saturated carbocycles. The second kappa shape index (κ2) is 7.04. The molecule has 0 aromatic heterocycles. The first-order chi connectivity index (χ1) is 8.80. The second-order valence-corrected chi connectivity index (χ2v) is 8.41. The first kappa shape index (κ1) is 16.9. The van der Waals surface area contributed by atoms with Crippen LogP contribution in [0.1, 0.15) is 52.9 Å². The largest absolute Gasteiger partial charge is 0.313 e. The fourth-order valence-electron chi connectivity index (χ4n) is 2.87. The van der Waals surface area contributed by atoms with Crippen molar-refractivity contribution in [1.29, 1.82) is 0 Å². The van der Waals surface area contributed by atoms with E-state index in [0.29, 0.717) is 18.0 Å². The summed E-state index contributed by atoms with van der Waals surface area (Å²) in [5.74, 6) is 0.987. The van der Waals surface area contributed by atoms with Crippen molar-refractivity contribution in [3.63, 3.8) is 0 Å². The van der Waals surface area contributed by atoms with Gasteiger partial charge in [-0.2, -0.15) is 0 Å². The number of hydrogen-bond acceptors (Lipinski definition) is 3. The van der Waals surface area contributed by atoms with Crippen LogP contribution in [0.5, 0.6) is 0 Å². The normalized spacial score (nSPS) is 25.5. The summed E-state index contributed by atoms with van der Waals surface area (Å²) in [4.78, 5) is 0. The van der Waals surface area contributed by atoms with E-state index in [2.05, 4.69) is 30.8 Å². The van der Waals surface area contributed by atoms with E-state index in [1.165, 1.54) is 39.2 Å². The molecule has 5 heteroatoms. The van der Waals surface area contributed by atoms with Gasteiger partial charge in [-0.3, -0.25) is 0 Å². The Balaban J connectivity index is 2.28. The number of rotatable bonds is 7. The molecule has 0 aromatic carbocycles. The minimum atomic E-state index is -3.07. The van der Waals surface area contributed by atoms with E-state index in [-0.39, 0.29) is 5.75 Å². The summed E-state index contributed by atoms with van der Waals surface area (Å²) in [6.45, 7) is 7.55. The maximum atomic E-state index is 11.3. The Morgan fingerprint density at radius 3 is 2.21 bits per heavy atom. The smallest absolute Gasteiger partial charge is 0.212 e. The van der Waals surface area contributed by atoms with Crippen LogP contribution in [-0.2, 0) is 10.0 Å². The zero-order chi connectivity index (χ0) is 14.5. The van der Waals surface area contributed by atoms with Gasteiger partial charge in [0, 0.05) is 12.6 Å². The van der Waals surface area contributed by atoms with Crippen molar-refractivity contribution in [2.75, 3.05) is 19.3 Å². The molecule has 0 heterocycles. The number of sulfonamides is 1. The van der Waals surface area contributed by atoms with Crippen molar-refractivity contribution in [3.05, 3.63) is 0 Å². The molecule has 1 fully saturated rings. The van der Waals surface area contributed by atoms with Crippen molar-refractivity contribution in [2.45, 2.75) is 58.9 Å². The zero-order valence-corrected chi connectivity index (χ0v) is 13.6. The van der Waals surface area contributed by atoms with Crippen LogP contribution in [-0.4, -0.2) is 33.8 Å². The zero-order valence-electron chi connectivity index (χ0n) is 12.8. The Morgan fingerprint density at radius 1 is 1.16 bits per heavy atom. The van der Waals surface area contributed by atoms with Gasteiger partial charge in [-0.05, 0) is 44.1 Å². The maximum Gasteiger partial charge on any atom is 0.212 e. The van der Waals surface area contributed by atoms with E-state index in [1.807, 2.05) is 0 Å². The molecule has 0 saturated heterocycles. The van der Waals surface area contributed by atoms with Crippen LogP contribution in [0.15, 0.2) is 0 Å². The van der Waals surface area contributed by atoms with Crippen LogP contribution in [0.3, 0.4) is 0 Å². The monoisotopic (exact) mass is 290 g/mol. The summed E-state index contributed by atoms with van der Waals surface area (Å²) in [6, 6.07) is 0.496. The van der Waals surface area contributed by atoms with Crippen molar-refractivity contribution < 1.29 is 8.42 Å². The minimum Gasteiger partial charge on any atom is -0.313 e. The molecule has 4 nitrogen and oxygen atoms in total. The van der Waals surface area contributed by atoms with Crippen LogP contribution in [0, 0.1) is 11.3 Å². The Kier molecular flexibility index (Phi) is 6.27. The van der Waals surface area contributed by atoms with Gasteiger partial charge in [0.1, 0.15) is 0 Å². The number of hydrogen-bond donors (Lipinski definition) is 2. The molecule has 0 unspecified atom stereocenters. The minimum absolute atomic E-state index is 0.171. The van der Waals surface area contributed by atoms with Crippen LogP contribution in [0.25, 0.3) is 0 Å². The molecule has 1 aliphatic rings. The molecule has 114 valence electrons. The number of nitrogens with one attached hydrogen (secondary N) is 2. The van der Waals surface area contributed by atoms with E-state index >= 15 is 0 Å². The summed E-state index contributed by atoms with van der Waals surface area (Å²) in [6.07, 6.45) is 6.10. The molecule has 0 amide bonds. The van der Waals surface area contributed by atoms with E-state index < -0.39 is 10.0 Å². The third kappa shape index (κ3) is 5.40. The second-order valence-electron chi connectivity index (χ2n) is 6.37. The lowest BCUT2D eigenvalue weighted by molar-refractivity contribution is 0.137. The highest BCUT2D eigenvalue weighted by molar-refractivity contribution is 7.89. The average Bonchev–Trinajstić information content (AvgIpc) is 2.39. The summed E-state index contributed by atoms with van der Waals surface area (Å²) >= 11 is 0. The van der Waals surface area contributed by atoms with E-state index in [0.717, 1.165) is 5.92 Å². The molecule has 19 heavy (non-hydrogen) atoms. The van der Waals surface area contributed by atoms with Crippen molar-refractivity contribution in [2.24, 2.45) is 11.3 Å². The maximum absolute atomic E-state index is 11.3. The van der Waals surface area contributed by atoms with Gasteiger partial charge in [0.25, 0.3) is 0 Å². The fraction of sp³-hybridized carbons (Fsp3) is 1.00. The molecular weight excluding hydrogens is 260 g/mol. The van der Waals surface area contributed by atoms with Gasteiger partial charge in [0.15, 0.2) is 0 Å². The standard InChI is InChI=1S/C14H30N2O2S/c1-5-14(2,3)12-6-8-13(9-7-12)16-10-11-19(17,18)15-4/h12-13,15-16H,5-11H2,1-4H3. The highest BCUT2D eigenvalue weighted by Crippen LogP contribution is 2.40. The predicted molar refractivity (Wildman–Crippen MR) is 80.7 cm³/mol. The highest BCUT2D eigenvalue weighted by atomic mass is 32.2. The first-order valence-electron chi connectivity index (χ1n) is 7.45. The first-order valence-corrected chi connectivity index (χ1v) is 9.10. The lowest BCUT2D eigenvalue weighted by Gasteiger charge is -2.39. The molecule has 0 aromatic rings. The summed E-state index contributed by atoms with van der Waals surface area (Å²) in [5.41, 5.74) is 0.445. The van der Waals surface area contributed by atoms with Crippen molar-refractivity contribution in [3.8, 4) is 0 Å². The third-order valence-corrected chi connectivity index (χ3v) is 6.22. The van der Waals surface area contributed by atoms with Crippen molar-refractivity contribution in [1.82, 2.24) is 10.0 Å². The van der Waals surface area contributed by atoms with Crippen LogP contribution in [0.4, 0.5) is 0 Å². The van der Waals surface area contributed by atoms with Crippen LogP contribution < -0.4 is 10.0 Å². The molecule has 1 rings (SSSR count). The molecule has 0 aliphatic heterocycles. The lowest BCUT2D eigenvalue weighted by atomic mass is 9.69. The molecular formula is C14H30N2O2S. The van der Waals surface area contributed by atoms with Gasteiger partial charge in [-0.15, -0.1) is 0 Å². The predicted octanol–water partition coefficient (Wildman–Crippen LogP) is 2.12. The summed E-state index contributed by atoms with van der Waals surface area (Å²) < 4.78 is 25.0. The quantitative estimate of drug-likeness (QED) is 0.755. The fourth-order valence-corrected chi connectivity index (χ4v) is 3.46. The molecule has 2 N–H and O–H groups in total. The third-order valence-electron chi connectivity index (χ3n) is 4.86. The average molecular weight is 290 g/mol. The Hall–Kier alpha value is -0.130. The molecule has 1 aliphatic carbocycles. The Morgan fingerprint density at radius 2 is 1.74 bits per heavy atom. The SMILES string of the molecule is CCC(C)(C)C1CCC(NCCS(=O)(=O)NC)CC1. The van der Waals surface area contributed by atoms with Gasteiger partial charge in [0.2, 0.25) is 10.0 Å². The molecule has 0 spiro atoms. The van der Waals surface area contributed by atoms with E-state index in [4.69, 9.17) is 0 Å². The van der Waals surface area contributed by atoms with Gasteiger partial charge >= 0.3 is 0 Å². The van der Waals surface area contributed by atoms with Crippen LogP contribution >= 0.6 is 0 Å². The van der Waals surface area contributed by atoms with Gasteiger partial charge in [-0.1, -0.05) is 27.2 Å². The van der Waals surface area contributed by atoms with Gasteiger partial charge in [0.05, 0.1) is 5.75 Å². The van der Waals surface area contributed by atoms with Gasteiger partial charge < -0.3 is 5.32 Å². The Labute approximate surface area is 118 Å². The van der Waals surface area contributed by atoms with E-state index in [1.54, 1.807) is 0 Å². The van der Waals surface area contributed by atoms with E-state index in [9.17, 15) is 8.42 Å². The molecule has 0 atom stereocenters. The summed E-state index contributed by atoms with van der Waals surface area (Å²) in [5, 5.41) is 3.38. The Bertz CT molecular complexity index is 358. The summed E-state index contributed by atoms with van der Waals surface area (Å²) in [7, 11) is -1.61. The topological polar surface area (TPSA) is 58.2 Å². The molecule has 0 bridgehead atoms. The van der Waals surface area contributed by atoms with Gasteiger partial charge in [-0.25, -0.2) is 13.1 Å².